The molecule has 0 amide bonds. The lowest BCUT2D eigenvalue weighted by molar-refractivity contribution is -0.384. The average molecular weight is 409 g/mol. The molecule has 10 heteroatoms. The van der Waals surface area contributed by atoms with Crippen LogP contribution in [0.15, 0.2) is 36.4 Å². The number of nitrogens with zero attached hydrogens (tertiary/aromatic N) is 3. The SMILES string of the molecule is Cc1ccccc1N1CCN(c2c([N+](=O)[O-])cc(C(=O)O)cc2C(F)(F)F)CC1. The number of alkyl halides is 3. The van der Waals surface area contributed by atoms with Crippen molar-refractivity contribution in [3.63, 3.8) is 0 Å². The first-order chi connectivity index (χ1) is 13.6. The summed E-state index contributed by atoms with van der Waals surface area (Å²) in [7, 11) is 0. The zero-order chi connectivity index (χ0) is 21.3. The van der Waals surface area contributed by atoms with Gasteiger partial charge in [-0.2, -0.15) is 13.2 Å². The number of nitro benzene ring substituents is 1. The van der Waals surface area contributed by atoms with Gasteiger partial charge in [0.1, 0.15) is 5.69 Å². The number of nitro groups is 1. The minimum atomic E-state index is -4.93. The Morgan fingerprint density at radius 3 is 2.21 bits per heavy atom. The van der Waals surface area contributed by atoms with Crippen LogP contribution in [0.2, 0.25) is 0 Å². The van der Waals surface area contributed by atoms with Crippen LogP contribution in [0.4, 0.5) is 30.2 Å². The van der Waals surface area contributed by atoms with Crippen molar-refractivity contribution in [3.8, 4) is 0 Å². The molecule has 3 rings (SSSR count). The summed E-state index contributed by atoms with van der Waals surface area (Å²) >= 11 is 0. The smallest absolute Gasteiger partial charge is 0.418 e. The first kappa shape index (κ1) is 20.4. The van der Waals surface area contributed by atoms with Crippen LogP contribution in [0.5, 0.6) is 0 Å². The zero-order valence-electron chi connectivity index (χ0n) is 15.4. The van der Waals surface area contributed by atoms with Gasteiger partial charge in [0.2, 0.25) is 0 Å². The van der Waals surface area contributed by atoms with Gasteiger partial charge in [0, 0.05) is 37.9 Å². The number of aryl methyl sites for hydroxylation is 1. The molecule has 0 radical (unpaired) electrons. The number of benzene rings is 2. The van der Waals surface area contributed by atoms with Crippen LogP contribution < -0.4 is 9.80 Å². The molecular weight excluding hydrogens is 391 g/mol. The van der Waals surface area contributed by atoms with E-state index in [1.165, 1.54) is 4.90 Å². The van der Waals surface area contributed by atoms with E-state index in [-0.39, 0.29) is 13.1 Å². The summed E-state index contributed by atoms with van der Waals surface area (Å²) in [6.45, 7) is 2.94. The molecule has 0 unspecified atom stereocenters. The van der Waals surface area contributed by atoms with Crippen molar-refractivity contribution in [2.45, 2.75) is 13.1 Å². The van der Waals surface area contributed by atoms with Crippen LogP contribution in [-0.2, 0) is 6.18 Å². The monoisotopic (exact) mass is 409 g/mol. The zero-order valence-corrected chi connectivity index (χ0v) is 15.4. The Kier molecular flexibility index (Phi) is 5.36. The van der Waals surface area contributed by atoms with Crippen LogP contribution in [0.1, 0.15) is 21.5 Å². The van der Waals surface area contributed by atoms with E-state index < -0.39 is 39.6 Å². The molecule has 1 aliphatic rings. The normalized spacial score (nSPS) is 14.8. The minimum Gasteiger partial charge on any atom is -0.478 e. The Morgan fingerprint density at radius 1 is 1.10 bits per heavy atom. The van der Waals surface area contributed by atoms with Crippen molar-refractivity contribution in [2.75, 3.05) is 36.0 Å². The highest BCUT2D eigenvalue weighted by Gasteiger charge is 2.41. The fourth-order valence-corrected chi connectivity index (χ4v) is 3.52. The number of hydrogen-bond donors (Lipinski definition) is 1. The summed E-state index contributed by atoms with van der Waals surface area (Å²) in [6, 6.07) is 8.73. The second-order valence-electron chi connectivity index (χ2n) is 6.71. The second kappa shape index (κ2) is 7.61. The van der Waals surface area contributed by atoms with Gasteiger partial charge in [0.05, 0.1) is 16.1 Å². The molecule has 2 aromatic carbocycles. The minimum absolute atomic E-state index is 0.130. The average Bonchev–Trinajstić information content (AvgIpc) is 2.66. The number of rotatable bonds is 4. The predicted molar refractivity (Wildman–Crippen MR) is 101 cm³/mol. The lowest BCUT2D eigenvalue weighted by Crippen LogP contribution is -2.47. The van der Waals surface area contributed by atoms with E-state index in [1.807, 2.05) is 36.1 Å². The van der Waals surface area contributed by atoms with Crippen LogP contribution in [-0.4, -0.2) is 42.2 Å². The Balaban J connectivity index is 1.99. The van der Waals surface area contributed by atoms with E-state index in [0.29, 0.717) is 25.2 Å². The van der Waals surface area contributed by atoms with E-state index in [9.17, 15) is 28.1 Å². The van der Waals surface area contributed by atoms with Crippen LogP contribution in [0, 0.1) is 17.0 Å². The molecule has 0 aliphatic carbocycles. The van der Waals surface area contributed by atoms with Gasteiger partial charge in [0.15, 0.2) is 0 Å². The van der Waals surface area contributed by atoms with Crippen molar-refractivity contribution < 1.29 is 28.0 Å². The van der Waals surface area contributed by atoms with E-state index in [0.717, 1.165) is 11.3 Å². The quantitative estimate of drug-likeness (QED) is 0.608. The van der Waals surface area contributed by atoms with Gasteiger partial charge in [-0.3, -0.25) is 10.1 Å². The van der Waals surface area contributed by atoms with Gasteiger partial charge in [0.25, 0.3) is 5.69 Å². The van der Waals surface area contributed by atoms with Crippen LogP contribution in [0.3, 0.4) is 0 Å². The Labute approximate surface area is 164 Å². The van der Waals surface area contributed by atoms with Crippen molar-refractivity contribution >= 4 is 23.0 Å². The van der Waals surface area contributed by atoms with Gasteiger partial charge >= 0.3 is 12.1 Å². The third-order valence-corrected chi connectivity index (χ3v) is 4.89. The van der Waals surface area contributed by atoms with Gasteiger partial charge < -0.3 is 14.9 Å². The molecule has 1 N–H and O–H groups in total. The summed E-state index contributed by atoms with van der Waals surface area (Å²) in [6.07, 6.45) is -4.93. The fraction of sp³-hybridized carbons (Fsp3) is 0.316. The molecule has 1 fully saturated rings. The number of halogens is 3. The topological polar surface area (TPSA) is 86.9 Å². The van der Waals surface area contributed by atoms with Crippen molar-refractivity contribution in [2.24, 2.45) is 0 Å². The number of carboxylic acid groups (broad SMARTS) is 1. The number of carbonyl (C=O) groups is 1. The maximum absolute atomic E-state index is 13.6. The Bertz CT molecular complexity index is 954. The van der Waals surface area contributed by atoms with Gasteiger partial charge in [-0.25, -0.2) is 4.79 Å². The molecule has 0 bridgehead atoms. The summed E-state index contributed by atoms with van der Waals surface area (Å²) in [5.41, 5.74) is -1.55. The molecule has 154 valence electrons. The number of hydrogen-bond acceptors (Lipinski definition) is 5. The summed E-state index contributed by atoms with van der Waals surface area (Å²) in [5, 5.41) is 20.5. The van der Waals surface area contributed by atoms with Crippen molar-refractivity contribution in [3.05, 3.63) is 63.2 Å². The molecule has 0 atom stereocenters. The number of para-hydroxylation sites is 1. The van der Waals surface area contributed by atoms with E-state index >= 15 is 0 Å². The molecule has 0 saturated carbocycles. The molecule has 1 heterocycles. The summed E-state index contributed by atoms with van der Waals surface area (Å²) in [5.74, 6) is -1.66. The maximum Gasteiger partial charge on any atom is 0.418 e. The van der Waals surface area contributed by atoms with Gasteiger partial charge in [-0.1, -0.05) is 18.2 Å². The van der Waals surface area contributed by atoms with Gasteiger partial charge in [-0.15, -0.1) is 0 Å². The lowest BCUT2D eigenvalue weighted by Gasteiger charge is -2.38. The molecule has 1 saturated heterocycles. The highest BCUT2D eigenvalue weighted by Crippen LogP contribution is 2.43. The molecule has 29 heavy (non-hydrogen) atoms. The molecule has 7 nitrogen and oxygen atoms in total. The standard InChI is InChI=1S/C19H18F3N3O4/c1-12-4-2-3-5-15(12)23-6-8-24(9-7-23)17-14(19(20,21)22)10-13(18(26)27)11-16(17)25(28)29/h2-5,10-11H,6-9H2,1H3,(H,26,27). The lowest BCUT2D eigenvalue weighted by atomic mass is 10.0. The molecule has 0 aromatic heterocycles. The summed E-state index contributed by atoms with van der Waals surface area (Å²) in [4.78, 5) is 25.0. The molecule has 2 aromatic rings. The first-order valence-electron chi connectivity index (χ1n) is 8.78. The largest absolute Gasteiger partial charge is 0.478 e. The highest BCUT2D eigenvalue weighted by molar-refractivity contribution is 5.91. The molecular formula is C19H18F3N3O4. The number of piperazine rings is 1. The summed E-state index contributed by atoms with van der Waals surface area (Å²) < 4.78 is 40.9. The highest BCUT2D eigenvalue weighted by atomic mass is 19.4. The van der Waals surface area contributed by atoms with E-state index in [2.05, 4.69) is 0 Å². The predicted octanol–water partition coefficient (Wildman–Crippen LogP) is 3.95. The van der Waals surface area contributed by atoms with E-state index in [4.69, 9.17) is 5.11 Å². The molecule has 0 spiro atoms. The number of anilines is 2. The fourth-order valence-electron chi connectivity index (χ4n) is 3.52. The van der Waals surface area contributed by atoms with E-state index in [1.54, 1.807) is 0 Å². The van der Waals surface area contributed by atoms with Crippen molar-refractivity contribution in [1.82, 2.24) is 0 Å². The Hall–Kier alpha value is -3.30. The van der Waals surface area contributed by atoms with Crippen molar-refractivity contribution in [1.29, 1.82) is 0 Å². The number of carboxylic acids is 1. The van der Waals surface area contributed by atoms with Crippen LogP contribution in [0.25, 0.3) is 0 Å². The van der Waals surface area contributed by atoms with Gasteiger partial charge in [-0.05, 0) is 24.6 Å². The third-order valence-electron chi connectivity index (χ3n) is 4.89. The van der Waals surface area contributed by atoms with Crippen LogP contribution >= 0.6 is 0 Å². The first-order valence-corrected chi connectivity index (χ1v) is 8.78. The maximum atomic E-state index is 13.6. The third kappa shape index (κ3) is 4.10. The molecule has 1 aliphatic heterocycles. The Morgan fingerprint density at radius 2 is 1.69 bits per heavy atom. The second-order valence-corrected chi connectivity index (χ2v) is 6.71. The number of aromatic carboxylic acids is 1.